The first kappa shape index (κ1) is 7.01. The van der Waals surface area contributed by atoms with E-state index in [2.05, 4.69) is 10.5 Å². The van der Waals surface area contributed by atoms with E-state index in [9.17, 15) is 4.79 Å². The van der Waals surface area contributed by atoms with Crippen molar-refractivity contribution >= 4 is 6.09 Å². The summed E-state index contributed by atoms with van der Waals surface area (Å²) in [4.78, 5) is 9.84. The largest absolute Gasteiger partial charge is 0.445 e. The van der Waals surface area contributed by atoms with Crippen LogP contribution in [0.3, 0.4) is 0 Å². The Morgan fingerprint density at radius 2 is 2.50 bits per heavy atom. The molecule has 0 spiro atoms. The lowest BCUT2D eigenvalue weighted by Gasteiger charge is -1.91. The van der Waals surface area contributed by atoms with Crippen LogP contribution in [-0.4, -0.2) is 12.7 Å². The predicted molar refractivity (Wildman–Crippen MR) is 30.3 cm³/mol. The molecule has 1 amide bonds. The van der Waals surface area contributed by atoms with E-state index in [-0.39, 0.29) is 6.61 Å². The first-order valence-corrected chi connectivity index (χ1v) is 2.30. The summed E-state index contributed by atoms with van der Waals surface area (Å²) < 4.78 is 4.33. The van der Waals surface area contributed by atoms with Gasteiger partial charge in [0.2, 0.25) is 0 Å². The molecule has 0 radical (unpaired) electrons. The quantitative estimate of drug-likeness (QED) is 0.537. The van der Waals surface area contributed by atoms with Gasteiger partial charge in [0.25, 0.3) is 0 Å². The highest BCUT2D eigenvalue weighted by Gasteiger charge is 1.84. The zero-order valence-electron chi connectivity index (χ0n) is 4.76. The second kappa shape index (κ2) is 4.18. The number of hydrogen-bond acceptors (Lipinski definition) is 2. The Bertz CT molecular complexity index is 98.6. The zero-order chi connectivity index (χ0) is 6.41. The van der Waals surface area contributed by atoms with E-state index in [1.807, 2.05) is 6.92 Å². The fourth-order valence-electron chi connectivity index (χ4n) is 0.226. The van der Waals surface area contributed by atoms with Crippen LogP contribution in [0.4, 0.5) is 4.79 Å². The minimum absolute atomic E-state index is 0.270. The van der Waals surface area contributed by atoms with Gasteiger partial charge in [-0.3, -0.25) is 0 Å². The van der Waals surface area contributed by atoms with Crippen LogP contribution >= 0.6 is 0 Å². The third-order valence-corrected chi connectivity index (χ3v) is 0.558. The molecule has 46 valence electrons. The van der Waals surface area contributed by atoms with Gasteiger partial charge in [-0.15, -0.1) is 0 Å². The van der Waals surface area contributed by atoms with Gasteiger partial charge in [0.1, 0.15) is 6.61 Å². The molecule has 3 nitrogen and oxygen atoms in total. The minimum Gasteiger partial charge on any atom is -0.445 e. The lowest BCUT2D eigenvalue weighted by molar-refractivity contribution is 0.169. The number of allylic oxidation sites excluding steroid dienone is 1. The number of carbonyl (C=O) groups excluding carboxylic acids is 1. The molecule has 0 aromatic carbocycles. The van der Waals surface area contributed by atoms with Gasteiger partial charge in [-0.05, 0) is 6.92 Å². The molecule has 0 saturated carbocycles. The maximum atomic E-state index is 9.84. The van der Waals surface area contributed by atoms with Crippen molar-refractivity contribution in [3.05, 3.63) is 12.2 Å². The molecule has 0 atom stereocenters. The number of primary amides is 1. The maximum Gasteiger partial charge on any atom is 0.404 e. The number of ether oxygens (including phenoxy) is 1. The number of rotatable bonds is 2. The van der Waals surface area contributed by atoms with Gasteiger partial charge in [-0.1, -0.05) is 12.2 Å². The van der Waals surface area contributed by atoms with Crippen LogP contribution in [-0.2, 0) is 4.74 Å². The monoisotopic (exact) mass is 115 g/mol. The average molecular weight is 115 g/mol. The molecule has 0 aromatic rings. The molecule has 0 fully saturated rings. The summed E-state index contributed by atoms with van der Waals surface area (Å²) in [7, 11) is 0. The molecule has 0 saturated heterocycles. The van der Waals surface area contributed by atoms with Crippen molar-refractivity contribution in [2.45, 2.75) is 6.92 Å². The molecule has 2 N–H and O–H groups in total. The second-order valence-electron chi connectivity index (χ2n) is 1.20. The van der Waals surface area contributed by atoms with E-state index >= 15 is 0 Å². The van der Waals surface area contributed by atoms with Gasteiger partial charge in [0.15, 0.2) is 0 Å². The SMILES string of the molecule is CC=CCOC(N)=O. The Kier molecular flexibility index (Phi) is 3.66. The van der Waals surface area contributed by atoms with Crippen molar-refractivity contribution in [2.24, 2.45) is 5.73 Å². The lowest BCUT2D eigenvalue weighted by atomic mass is 10.6. The number of amides is 1. The Morgan fingerprint density at radius 1 is 1.88 bits per heavy atom. The smallest absolute Gasteiger partial charge is 0.404 e. The van der Waals surface area contributed by atoms with Crippen molar-refractivity contribution < 1.29 is 9.53 Å². The fourth-order valence-corrected chi connectivity index (χ4v) is 0.226. The van der Waals surface area contributed by atoms with Gasteiger partial charge < -0.3 is 10.5 Å². The van der Waals surface area contributed by atoms with Crippen LogP contribution in [0.15, 0.2) is 12.2 Å². The summed E-state index contributed by atoms with van der Waals surface area (Å²) >= 11 is 0. The molecule has 3 heteroatoms. The molecule has 0 aliphatic carbocycles. The minimum atomic E-state index is -0.733. The van der Waals surface area contributed by atoms with Gasteiger partial charge in [0, 0.05) is 0 Å². The highest BCUT2D eigenvalue weighted by atomic mass is 16.5. The summed E-state index contributed by atoms with van der Waals surface area (Å²) in [5.74, 6) is 0. The Labute approximate surface area is 48.1 Å². The van der Waals surface area contributed by atoms with E-state index in [0.717, 1.165) is 0 Å². The van der Waals surface area contributed by atoms with Crippen LogP contribution in [0.1, 0.15) is 6.92 Å². The van der Waals surface area contributed by atoms with Gasteiger partial charge >= 0.3 is 6.09 Å². The molecule has 0 heterocycles. The van der Waals surface area contributed by atoms with E-state index in [1.165, 1.54) is 0 Å². The highest BCUT2D eigenvalue weighted by molar-refractivity contribution is 5.64. The van der Waals surface area contributed by atoms with Crippen molar-refractivity contribution in [2.75, 3.05) is 6.61 Å². The summed E-state index contributed by atoms with van der Waals surface area (Å²) in [5.41, 5.74) is 4.64. The van der Waals surface area contributed by atoms with E-state index in [1.54, 1.807) is 12.2 Å². The molecular formula is C5H9NO2. The second-order valence-corrected chi connectivity index (χ2v) is 1.20. The predicted octanol–water partition coefficient (Wildman–Crippen LogP) is 0.658. The van der Waals surface area contributed by atoms with Crippen LogP contribution in [0.25, 0.3) is 0 Å². The summed E-state index contributed by atoms with van der Waals surface area (Å²) in [6, 6.07) is 0. The fraction of sp³-hybridized carbons (Fsp3) is 0.400. The van der Waals surface area contributed by atoms with Crippen molar-refractivity contribution in [1.29, 1.82) is 0 Å². The molecule has 8 heavy (non-hydrogen) atoms. The zero-order valence-corrected chi connectivity index (χ0v) is 4.76. The molecular weight excluding hydrogens is 106 g/mol. The van der Waals surface area contributed by atoms with E-state index < -0.39 is 6.09 Å². The Morgan fingerprint density at radius 3 is 2.88 bits per heavy atom. The molecule has 0 aliphatic heterocycles. The summed E-state index contributed by atoms with van der Waals surface area (Å²) in [6.45, 7) is 2.11. The first-order valence-electron chi connectivity index (χ1n) is 2.30. The van der Waals surface area contributed by atoms with Gasteiger partial charge in [-0.25, -0.2) is 4.79 Å². The van der Waals surface area contributed by atoms with Gasteiger partial charge in [-0.2, -0.15) is 0 Å². The van der Waals surface area contributed by atoms with Gasteiger partial charge in [0.05, 0.1) is 0 Å². The third kappa shape index (κ3) is 5.01. The molecule has 0 rings (SSSR count). The summed E-state index contributed by atoms with van der Waals surface area (Å²) in [5, 5.41) is 0. The number of carbonyl (C=O) groups is 1. The molecule has 0 aliphatic rings. The van der Waals surface area contributed by atoms with Crippen LogP contribution < -0.4 is 5.73 Å². The van der Waals surface area contributed by atoms with E-state index in [0.29, 0.717) is 0 Å². The number of nitrogens with two attached hydrogens (primary N) is 1. The van der Waals surface area contributed by atoms with Crippen LogP contribution in [0.5, 0.6) is 0 Å². The Hall–Kier alpha value is -0.990. The molecule has 0 bridgehead atoms. The van der Waals surface area contributed by atoms with Crippen molar-refractivity contribution in [1.82, 2.24) is 0 Å². The molecule has 0 unspecified atom stereocenters. The van der Waals surface area contributed by atoms with E-state index in [4.69, 9.17) is 0 Å². The topological polar surface area (TPSA) is 52.3 Å². The third-order valence-electron chi connectivity index (χ3n) is 0.558. The molecule has 0 aromatic heterocycles. The van der Waals surface area contributed by atoms with Crippen LogP contribution in [0, 0.1) is 0 Å². The average Bonchev–Trinajstić information content (AvgIpc) is 1.66. The van der Waals surface area contributed by atoms with Crippen molar-refractivity contribution in [3.63, 3.8) is 0 Å². The first-order chi connectivity index (χ1) is 3.77. The number of hydrogen-bond donors (Lipinski definition) is 1. The Balaban J connectivity index is 3.05. The van der Waals surface area contributed by atoms with Crippen molar-refractivity contribution in [3.8, 4) is 0 Å². The lowest BCUT2D eigenvalue weighted by Crippen LogP contribution is -2.12. The standard InChI is InChI=1S/C5H9NO2/c1-2-3-4-8-5(6)7/h2-3H,4H2,1H3,(H2,6,7). The normalized spacial score (nSPS) is 9.62. The summed E-state index contributed by atoms with van der Waals surface area (Å²) in [6.07, 6.45) is 2.75. The maximum absolute atomic E-state index is 9.84. The van der Waals surface area contributed by atoms with Crippen LogP contribution in [0.2, 0.25) is 0 Å². The highest BCUT2D eigenvalue weighted by Crippen LogP contribution is 1.74.